The number of carbonyl (C=O) groups is 1. The zero-order chi connectivity index (χ0) is 11.3. The van der Waals surface area contributed by atoms with Crippen molar-refractivity contribution in [1.82, 2.24) is 0 Å². The molecular weight excluding hydrogens is 190 g/mol. The van der Waals surface area contributed by atoms with Gasteiger partial charge in [0.1, 0.15) is 0 Å². The van der Waals surface area contributed by atoms with Crippen LogP contribution in [-0.2, 0) is 17.6 Å². The molecule has 0 aliphatic rings. The fourth-order valence-corrected chi connectivity index (χ4v) is 1.62. The minimum atomic E-state index is -0.750. The van der Waals surface area contributed by atoms with Crippen molar-refractivity contribution in [1.29, 1.82) is 0 Å². The van der Waals surface area contributed by atoms with E-state index in [1.807, 2.05) is 18.2 Å². The molecule has 0 atom stereocenters. The summed E-state index contributed by atoms with van der Waals surface area (Å²) in [6.07, 6.45) is 2.51. The predicted octanol–water partition coefficient (Wildman–Crippen LogP) is 2.24. The normalized spacial score (nSPS) is 10.2. The number of aliphatic carboxylic acids is 1. The van der Waals surface area contributed by atoms with Gasteiger partial charge in [-0.1, -0.05) is 25.1 Å². The zero-order valence-corrected chi connectivity index (χ0v) is 8.99. The highest BCUT2D eigenvalue weighted by Crippen LogP contribution is 2.19. The van der Waals surface area contributed by atoms with E-state index in [9.17, 15) is 4.79 Å². The zero-order valence-electron chi connectivity index (χ0n) is 8.99. The fourth-order valence-electron chi connectivity index (χ4n) is 1.62. The lowest BCUT2D eigenvalue weighted by atomic mass is 10.0. The Labute approximate surface area is 89.9 Å². The molecule has 0 amide bonds. The van der Waals surface area contributed by atoms with Gasteiger partial charge < -0.3 is 10.8 Å². The average molecular weight is 207 g/mol. The summed E-state index contributed by atoms with van der Waals surface area (Å²) in [7, 11) is 0. The molecule has 0 saturated heterocycles. The summed E-state index contributed by atoms with van der Waals surface area (Å²) in [5.74, 6) is -0.750. The van der Waals surface area contributed by atoms with Crippen molar-refractivity contribution >= 4 is 11.7 Å². The molecule has 1 aromatic rings. The maximum absolute atomic E-state index is 10.4. The molecule has 0 fully saturated rings. The van der Waals surface area contributed by atoms with Gasteiger partial charge in [-0.3, -0.25) is 4.79 Å². The molecule has 0 heterocycles. The van der Waals surface area contributed by atoms with Crippen molar-refractivity contribution < 1.29 is 9.90 Å². The van der Waals surface area contributed by atoms with E-state index in [0.717, 1.165) is 29.7 Å². The average Bonchev–Trinajstić information content (AvgIpc) is 2.20. The molecule has 3 nitrogen and oxygen atoms in total. The van der Waals surface area contributed by atoms with Crippen LogP contribution in [0, 0.1) is 0 Å². The summed E-state index contributed by atoms with van der Waals surface area (Å²) in [5.41, 5.74) is 8.99. The van der Waals surface area contributed by atoms with Gasteiger partial charge in [-0.25, -0.2) is 0 Å². The molecule has 0 bridgehead atoms. The van der Waals surface area contributed by atoms with Crippen molar-refractivity contribution in [2.75, 3.05) is 5.73 Å². The van der Waals surface area contributed by atoms with E-state index < -0.39 is 5.97 Å². The molecule has 0 aromatic heterocycles. The Morgan fingerprint density at radius 2 is 2.07 bits per heavy atom. The first-order valence-corrected chi connectivity index (χ1v) is 5.23. The number of para-hydroxylation sites is 1. The van der Waals surface area contributed by atoms with Crippen LogP contribution in [0.25, 0.3) is 0 Å². The van der Waals surface area contributed by atoms with E-state index in [-0.39, 0.29) is 6.42 Å². The van der Waals surface area contributed by atoms with Crippen LogP contribution >= 0.6 is 0 Å². The lowest BCUT2D eigenvalue weighted by molar-refractivity contribution is -0.137. The molecule has 0 aliphatic heterocycles. The van der Waals surface area contributed by atoms with Crippen molar-refractivity contribution in [3.8, 4) is 0 Å². The largest absolute Gasteiger partial charge is 0.481 e. The van der Waals surface area contributed by atoms with Gasteiger partial charge in [0.05, 0.1) is 0 Å². The number of hydrogen-bond donors (Lipinski definition) is 2. The second-order valence-corrected chi connectivity index (χ2v) is 3.59. The summed E-state index contributed by atoms with van der Waals surface area (Å²) in [6, 6.07) is 5.96. The predicted molar refractivity (Wildman–Crippen MR) is 60.8 cm³/mol. The van der Waals surface area contributed by atoms with Crippen molar-refractivity contribution in [2.45, 2.75) is 32.6 Å². The first-order valence-electron chi connectivity index (χ1n) is 5.23. The smallest absolute Gasteiger partial charge is 0.303 e. The Bertz CT molecular complexity index is 347. The number of nitrogens with two attached hydrogens (primary N) is 1. The topological polar surface area (TPSA) is 63.3 Å². The van der Waals surface area contributed by atoms with Gasteiger partial charge in [-0.15, -0.1) is 0 Å². The van der Waals surface area contributed by atoms with Crippen LogP contribution in [0.1, 0.15) is 30.9 Å². The Hall–Kier alpha value is -1.51. The highest BCUT2D eigenvalue weighted by atomic mass is 16.4. The van der Waals surface area contributed by atoms with Crippen LogP contribution < -0.4 is 5.73 Å². The molecule has 1 rings (SSSR count). The number of carboxylic acid groups (broad SMARTS) is 1. The second-order valence-electron chi connectivity index (χ2n) is 3.59. The number of anilines is 1. The van der Waals surface area contributed by atoms with Crippen molar-refractivity contribution in [3.05, 3.63) is 29.3 Å². The van der Waals surface area contributed by atoms with E-state index in [2.05, 4.69) is 6.92 Å². The molecule has 0 aliphatic carbocycles. The van der Waals surface area contributed by atoms with Gasteiger partial charge in [0.15, 0.2) is 0 Å². The van der Waals surface area contributed by atoms with Gasteiger partial charge in [0.2, 0.25) is 0 Å². The molecule has 82 valence electrons. The second kappa shape index (κ2) is 5.39. The third-order valence-corrected chi connectivity index (χ3v) is 2.50. The molecule has 3 heteroatoms. The minimum Gasteiger partial charge on any atom is -0.481 e. The van der Waals surface area contributed by atoms with E-state index in [0.29, 0.717) is 6.42 Å². The van der Waals surface area contributed by atoms with Crippen molar-refractivity contribution in [2.24, 2.45) is 0 Å². The number of nitrogen functional groups attached to an aromatic ring is 1. The van der Waals surface area contributed by atoms with Gasteiger partial charge >= 0.3 is 5.97 Å². The number of benzene rings is 1. The third kappa shape index (κ3) is 3.27. The summed E-state index contributed by atoms with van der Waals surface area (Å²) >= 11 is 0. The van der Waals surface area contributed by atoms with Crippen LogP contribution in [0.2, 0.25) is 0 Å². The number of hydrogen-bond acceptors (Lipinski definition) is 2. The number of rotatable bonds is 5. The molecule has 15 heavy (non-hydrogen) atoms. The van der Waals surface area contributed by atoms with E-state index in [4.69, 9.17) is 10.8 Å². The van der Waals surface area contributed by atoms with Crippen molar-refractivity contribution in [3.63, 3.8) is 0 Å². The van der Waals surface area contributed by atoms with Gasteiger partial charge in [0, 0.05) is 12.1 Å². The standard InChI is InChI=1S/C12H17NO2/c1-2-9-5-3-6-10(12(9)13)7-4-8-11(14)15/h3,5-6H,2,4,7-8,13H2,1H3,(H,14,15). The molecule has 0 unspecified atom stereocenters. The summed E-state index contributed by atoms with van der Waals surface area (Å²) < 4.78 is 0. The van der Waals surface area contributed by atoms with Crippen LogP contribution in [0.3, 0.4) is 0 Å². The Balaban J connectivity index is 2.64. The van der Waals surface area contributed by atoms with E-state index >= 15 is 0 Å². The molecule has 0 spiro atoms. The Morgan fingerprint density at radius 1 is 1.40 bits per heavy atom. The molecular formula is C12H17NO2. The monoisotopic (exact) mass is 207 g/mol. The molecule has 3 N–H and O–H groups in total. The summed E-state index contributed by atoms with van der Waals surface area (Å²) in [4.78, 5) is 10.4. The highest BCUT2D eigenvalue weighted by molar-refractivity contribution is 5.66. The first-order chi connectivity index (χ1) is 7.15. The van der Waals surface area contributed by atoms with Crippen LogP contribution in [0.15, 0.2) is 18.2 Å². The maximum atomic E-state index is 10.4. The van der Waals surface area contributed by atoms with Gasteiger partial charge in [0.25, 0.3) is 0 Å². The Kier molecular flexibility index (Phi) is 4.16. The lowest BCUT2D eigenvalue weighted by Gasteiger charge is -2.08. The highest BCUT2D eigenvalue weighted by Gasteiger charge is 2.04. The van der Waals surface area contributed by atoms with Crippen LogP contribution in [0.4, 0.5) is 5.69 Å². The van der Waals surface area contributed by atoms with E-state index in [1.165, 1.54) is 0 Å². The van der Waals surface area contributed by atoms with E-state index in [1.54, 1.807) is 0 Å². The Morgan fingerprint density at radius 3 is 2.67 bits per heavy atom. The number of aryl methyl sites for hydroxylation is 2. The van der Waals surface area contributed by atoms with Gasteiger partial charge in [-0.2, -0.15) is 0 Å². The molecule has 0 radical (unpaired) electrons. The quantitative estimate of drug-likeness (QED) is 0.728. The van der Waals surface area contributed by atoms with Crippen LogP contribution in [0.5, 0.6) is 0 Å². The minimum absolute atomic E-state index is 0.204. The fraction of sp³-hybridized carbons (Fsp3) is 0.417. The third-order valence-electron chi connectivity index (χ3n) is 2.50. The van der Waals surface area contributed by atoms with Gasteiger partial charge in [-0.05, 0) is 30.4 Å². The molecule has 0 saturated carbocycles. The first kappa shape index (κ1) is 11.6. The molecule has 1 aromatic carbocycles. The SMILES string of the molecule is CCc1cccc(CCCC(=O)O)c1N. The summed E-state index contributed by atoms with van der Waals surface area (Å²) in [5, 5.41) is 8.53. The maximum Gasteiger partial charge on any atom is 0.303 e. The lowest BCUT2D eigenvalue weighted by Crippen LogP contribution is -2.01. The number of carboxylic acids is 1. The summed E-state index contributed by atoms with van der Waals surface area (Å²) in [6.45, 7) is 2.06. The van der Waals surface area contributed by atoms with Crippen LogP contribution in [-0.4, -0.2) is 11.1 Å².